The summed E-state index contributed by atoms with van der Waals surface area (Å²) in [5, 5.41) is 13.0. The number of methoxy groups -OCH3 is 1. The molecule has 0 saturated heterocycles. The van der Waals surface area contributed by atoms with E-state index < -0.39 is 6.10 Å². The van der Waals surface area contributed by atoms with E-state index in [1.54, 1.807) is 25.3 Å². The Hall–Kier alpha value is -2.57. The lowest BCUT2D eigenvalue weighted by Gasteiger charge is -2.30. The van der Waals surface area contributed by atoms with E-state index in [0.29, 0.717) is 18.0 Å². The Morgan fingerprint density at radius 2 is 1.96 bits per heavy atom. The van der Waals surface area contributed by atoms with Crippen molar-refractivity contribution in [1.29, 1.82) is 0 Å². The standard InChI is InChI=1S/C21H26N2O4/c1-26-19-7-4-8-20(11-19)27-15-21(25)22-12-18(24)14-23-10-9-16-5-2-3-6-17(16)13-23/h2-8,11,18,24H,9-10,12-15H2,1H3,(H,22,25). The molecule has 0 aliphatic carbocycles. The SMILES string of the molecule is COc1cccc(OCC(=O)NCC(O)CN2CCc3ccccc3C2)c1. The summed E-state index contributed by atoms with van der Waals surface area (Å²) >= 11 is 0. The highest BCUT2D eigenvalue weighted by molar-refractivity contribution is 5.77. The van der Waals surface area contributed by atoms with Crippen molar-refractivity contribution in [2.75, 3.05) is 33.4 Å². The molecule has 6 heteroatoms. The molecule has 0 fully saturated rings. The summed E-state index contributed by atoms with van der Waals surface area (Å²) in [5.74, 6) is 0.976. The highest BCUT2D eigenvalue weighted by atomic mass is 16.5. The van der Waals surface area contributed by atoms with Gasteiger partial charge in [0.1, 0.15) is 11.5 Å². The number of aliphatic hydroxyl groups is 1. The minimum Gasteiger partial charge on any atom is -0.497 e. The summed E-state index contributed by atoms with van der Waals surface area (Å²) < 4.78 is 10.6. The largest absolute Gasteiger partial charge is 0.497 e. The van der Waals surface area contributed by atoms with E-state index in [9.17, 15) is 9.90 Å². The fourth-order valence-corrected chi connectivity index (χ4v) is 3.20. The topological polar surface area (TPSA) is 71.0 Å². The van der Waals surface area contributed by atoms with E-state index in [1.807, 2.05) is 12.1 Å². The van der Waals surface area contributed by atoms with Crippen LogP contribution in [0.2, 0.25) is 0 Å². The quantitative estimate of drug-likeness (QED) is 0.739. The average molecular weight is 370 g/mol. The van der Waals surface area contributed by atoms with Gasteiger partial charge in [-0.05, 0) is 29.7 Å². The summed E-state index contributed by atoms with van der Waals surface area (Å²) in [6.07, 6.45) is 0.375. The van der Waals surface area contributed by atoms with Crippen LogP contribution >= 0.6 is 0 Å². The van der Waals surface area contributed by atoms with Gasteiger partial charge in [0.2, 0.25) is 0 Å². The maximum absolute atomic E-state index is 11.9. The third-order valence-corrected chi connectivity index (χ3v) is 4.62. The first-order valence-corrected chi connectivity index (χ1v) is 9.15. The van der Waals surface area contributed by atoms with Crippen LogP contribution in [-0.2, 0) is 17.8 Å². The average Bonchev–Trinajstić information content (AvgIpc) is 2.71. The molecular formula is C21H26N2O4. The first-order valence-electron chi connectivity index (χ1n) is 9.15. The monoisotopic (exact) mass is 370 g/mol. The Balaban J connectivity index is 1.37. The summed E-state index contributed by atoms with van der Waals surface area (Å²) in [6, 6.07) is 15.5. The highest BCUT2D eigenvalue weighted by Crippen LogP contribution is 2.19. The second-order valence-electron chi connectivity index (χ2n) is 6.68. The third-order valence-electron chi connectivity index (χ3n) is 4.62. The van der Waals surface area contributed by atoms with E-state index in [2.05, 4.69) is 28.4 Å². The summed E-state index contributed by atoms with van der Waals surface area (Å²) in [6.45, 7) is 2.39. The minimum absolute atomic E-state index is 0.100. The van der Waals surface area contributed by atoms with Crippen molar-refractivity contribution in [2.24, 2.45) is 0 Å². The number of carbonyl (C=O) groups excluding carboxylic acids is 1. The molecule has 1 aliphatic rings. The number of rotatable bonds is 8. The number of amides is 1. The molecule has 1 amide bonds. The van der Waals surface area contributed by atoms with E-state index >= 15 is 0 Å². The Labute approximate surface area is 159 Å². The molecule has 27 heavy (non-hydrogen) atoms. The molecule has 1 unspecified atom stereocenters. The Morgan fingerprint density at radius 1 is 1.19 bits per heavy atom. The fraction of sp³-hybridized carbons (Fsp3) is 0.381. The number of β-amino-alcohol motifs (C(OH)–C–C–N with tert-alkyl or cyclic N) is 1. The lowest BCUT2D eigenvalue weighted by molar-refractivity contribution is -0.123. The first kappa shape index (κ1) is 19.2. The van der Waals surface area contributed by atoms with Gasteiger partial charge in [0, 0.05) is 32.2 Å². The molecule has 0 aromatic heterocycles. The maximum Gasteiger partial charge on any atom is 0.258 e. The van der Waals surface area contributed by atoms with Crippen molar-refractivity contribution >= 4 is 5.91 Å². The number of hydrogen-bond donors (Lipinski definition) is 2. The lowest BCUT2D eigenvalue weighted by atomic mass is 10.00. The van der Waals surface area contributed by atoms with E-state index in [1.165, 1.54) is 11.1 Å². The summed E-state index contributed by atoms with van der Waals surface area (Å²) in [7, 11) is 1.58. The zero-order valence-corrected chi connectivity index (χ0v) is 15.6. The number of hydrogen-bond acceptors (Lipinski definition) is 5. The van der Waals surface area contributed by atoms with Crippen LogP contribution in [0.5, 0.6) is 11.5 Å². The van der Waals surface area contributed by atoms with Crippen LogP contribution in [0.1, 0.15) is 11.1 Å². The third kappa shape index (κ3) is 5.70. The number of carbonyl (C=O) groups is 1. The van der Waals surface area contributed by atoms with Crippen LogP contribution in [0.4, 0.5) is 0 Å². The van der Waals surface area contributed by atoms with E-state index in [4.69, 9.17) is 9.47 Å². The van der Waals surface area contributed by atoms with E-state index in [0.717, 1.165) is 19.5 Å². The molecule has 0 saturated carbocycles. The van der Waals surface area contributed by atoms with Gasteiger partial charge in [-0.15, -0.1) is 0 Å². The van der Waals surface area contributed by atoms with Crippen LogP contribution in [0.15, 0.2) is 48.5 Å². The van der Waals surface area contributed by atoms with Crippen molar-refractivity contribution in [2.45, 2.75) is 19.1 Å². The highest BCUT2D eigenvalue weighted by Gasteiger charge is 2.18. The smallest absolute Gasteiger partial charge is 0.258 e. The fourth-order valence-electron chi connectivity index (χ4n) is 3.20. The predicted molar refractivity (Wildman–Crippen MR) is 103 cm³/mol. The summed E-state index contributed by atoms with van der Waals surface area (Å²) in [4.78, 5) is 14.2. The van der Waals surface area contributed by atoms with Crippen molar-refractivity contribution < 1.29 is 19.4 Å². The molecule has 0 radical (unpaired) electrons. The minimum atomic E-state index is -0.615. The van der Waals surface area contributed by atoms with Crippen molar-refractivity contribution in [1.82, 2.24) is 10.2 Å². The number of nitrogens with one attached hydrogen (secondary N) is 1. The first-order chi connectivity index (χ1) is 13.1. The van der Waals surface area contributed by atoms with Crippen molar-refractivity contribution in [3.63, 3.8) is 0 Å². The van der Waals surface area contributed by atoms with E-state index in [-0.39, 0.29) is 19.1 Å². The molecule has 2 aromatic carbocycles. The molecule has 1 atom stereocenters. The molecule has 6 nitrogen and oxygen atoms in total. The normalized spacial score (nSPS) is 14.9. The molecule has 2 N–H and O–H groups in total. The molecule has 1 heterocycles. The lowest BCUT2D eigenvalue weighted by Crippen LogP contribution is -2.42. The van der Waals surface area contributed by atoms with Gasteiger partial charge in [-0.1, -0.05) is 30.3 Å². The molecule has 1 aliphatic heterocycles. The van der Waals surface area contributed by atoms with Gasteiger partial charge < -0.3 is 19.9 Å². The zero-order chi connectivity index (χ0) is 19.1. The number of fused-ring (bicyclic) bond motifs is 1. The number of benzene rings is 2. The van der Waals surface area contributed by atoms with Crippen LogP contribution in [0.3, 0.4) is 0 Å². The molecule has 2 aromatic rings. The van der Waals surface area contributed by atoms with Crippen molar-refractivity contribution in [3.8, 4) is 11.5 Å². The van der Waals surface area contributed by atoms with Gasteiger partial charge in [0.05, 0.1) is 13.2 Å². The van der Waals surface area contributed by atoms with Gasteiger partial charge in [0.25, 0.3) is 5.91 Å². The van der Waals surface area contributed by atoms with Gasteiger partial charge in [-0.2, -0.15) is 0 Å². The second kappa shape index (κ2) is 9.39. The van der Waals surface area contributed by atoms with Crippen LogP contribution < -0.4 is 14.8 Å². The van der Waals surface area contributed by atoms with Crippen LogP contribution in [-0.4, -0.2) is 55.4 Å². The van der Waals surface area contributed by atoms with Crippen LogP contribution in [0, 0.1) is 0 Å². The second-order valence-corrected chi connectivity index (χ2v) is 6.68. The Kier molecular flexibility index (Phi) is 6.68. The Bertz CT molecular complexity index is 765. The molecule has 144 valence electrons. The van der Waals surface area contributed by atoms with Crippen LogP contribution in [0.25, 0.3) is 0 Å². The van der Waals surface area contributed by atoms with Gasteiger partial charge in [0.15, 0.2) is 6.61 Å². The zero-order valence-electron chi connectivity index (χ0n) is 15.6. The molecule has 3 rings (SSSR count). The molecular weight excluding hydrogens is 344 g/mol. The van der Waals surface area contributed by atoms with Gasteiger partial charge in [-0.25, -0.2) is 0 Å². The van der Waals surface area contributed by atoms with Gasteiger partial charge >= 0.3 is 0 Å². The number of nitrogens with zero attached hydrogens (tertiary/aromatic N) is 1. The van der Waals surface area contributed by atoms with Gasteiger partial charge in [-0.3, -0.25) is 9.69 Å². The number of aliphatic hydroxyl groups excluding tert-OH is 1. The predicted octanol–water partition coefficient (Wildman–Crippen LogP) is 1.61. The molecule has 0 bridgehead atoms. The summed E-state index contributed by atoms with van der Waals surface area (Å²) in [5.41, 5.74) is 2.69. The maximum atomic E-state index is 11.9. The number of ether oxygens (including phenoxy) is 2. The van der Waals surface area contributed by atoms with Crippen molar-refractivity contribution in [3.05, 3.63) is 59.7 Å². The Morgan fingerprint density at radius 3 is 2.78 bits per heavy atom. The molecule has 0 spiro atoms.